The molecule has 0 saturated carbocycles. The van der Waals surface area contributed by atoms with Crippen molar-refractivity contribution < 1.29 is 14.3 Å². The molecule has 2 aromatic carbocycles. The van der Waals surface area contributed by atoms with Crippen molar-refractivity contribution in [3.63, 3.8) is 0 Å². The topological polar surface area (TPSA) is 55.4 Å². The molecule has 1 N–H and O–H groups in total. The zero-order valence-electron chi connectivity index (χ0n) is 11.7. The van der Waals surface area contributed by atoms with Crippen LogP contribution in [-0.4, -0.2) is 24.7 Å². The van der Waals surface area contributed by atoms with Gasteiger partial charge in [0.2, 0.25) is 5.91 Å². The minimum atomic E-state index is -0.392. The first-order valence-corrected chi connectivity index (χ1v) is 7.30. The van der Waals surface area contributed by atoms with Crippen LogP contribution in [0.5, 0.6) is 5.75 Å². The highest BCUT2D eigenvalue weighted by Gasteiger charge is 2.16. The first kappa shape index (κ1) is 16.3. The van der Waals surface area contributed by atoms with Gasteiger partial charge in [-0.2, -0.15) is 0 Å². The molecule has 2 aromatic rings. The number of hydrogen-bond acceptors (Lipinski definition) is 3. The van der Waals surface area contributed by atoms with Crippen LogP contribution in [0.4, 0.5) is 5.69 Å². The Balaban J connectivity index is 2.43. The summed E-state index contributed by atoms with van der Waals surface area (Å²) < 4.78 is 5.13. The Kier molecular flexibility index (Phi) is 5.41. The predicted molar refractivity (Wildman–Crippen MR) is 87.2 cm³/mol. The van der Waals surface area contributed by atoms with Crippen LogP contribution in [0, 0.1) is 0 Å². The summed E-state index contributed by atoms with van der Waals surface area (Å²) in [4.78, 5) is 24.1. The number of hydrogen-bond donors (Lipinski definition) is 1. The van der Waals surface area contributed by atoms with Crippen LogP contribution in [-0.2, 0) is 4.79 Å². The fourth-order valence-corrected chi connectivity index (χ4v) is 2.08. The number of ketones is 1. The Morgan fingerprint density at radius 2 is 1.82 bits per heavy atom. The van der Waals surface area contributed by atoms with Crippen molar-refractivity contribution in [1.82, 2.24) is 0 Å². The number of rotatable bonds is 5. The van der Waals surface area contributed by atoms with Crippen molar-refractivity contribution >= 4 is 40.6 Å². The van der Waals surface area contributed by atoms with Gasteiger partial charge in [-0.05, 0) is 42.5 Å². The van der Waals surface area contributed by atoms with Gasteiger partial charge in [0, 0.05) is 16.1 Å². The van der Waals surface area contributed by atoms with E-state index in [2.05, 4.69) is 5.32 Å². The van der Waals surface area contributed by atoms with Gasteiger partial charge in [0.05, 0.1) is 12.8 Å². The summed E-state index contributed by atoms with van der Waals surface area (Å²) in [5, 5.41) is 3.14. The fraction of sp³-hybridized carbons (Fsp3) is 0.125. The Morgan fingerprint density at radius 3 is 2.41 bits per heavy atom. The van der Waals surface area contributed by atoms with Crippen molar-refractivity contribution in [2.75, 3.05) is 18.3 Å². The van der Waals surface area contributed by atoms with Crippen LogP contribution in [0.2, 0.25) is 5.02 Å². The molecule has 4 nitrogen and oxygen atoms in total. The number of amides is 1. The second kappa shape index (κ2) is 7.29. The number of nitrogens with one attached hydrogen (secondary N) is 1. The van der Waals surface area contributed by atoms with E-state index in [4.69, 9.17) is 27.9 Å². The third-order valence-corrected chi connectivity index (χ3v) is 3.47. The number of anilines is 1. The molecule has 0 spiro atoms. The van der Waals surface area contributed by atoms with E-state index in [9.17, 15) is 9.59 Å². The summed E-state index contributed by atoms with van der Waals surface area (Å²) in [6.07, 6.45) is 0. The number of benzene rings is 2. The molecular weight excluding hydrogens is 325 g/mol. The predicted octanol–water partition coefficient (Wildman–Crippen LogP) is 3.76. The third-order valence-electron chi connectivity index (χ3n) is 2.97. The largest absolute Gasteiger partial charge is 0.497 e. The van der Waals surface area contributed by atoms with E-state index in [1.54, 1.807) is 42.5 Å². The van der Waals surface area contributed by atoms with Crippen LogP contribution in [0.25, 0.3) is 0 Å². The maximum absolute atomic E-state index is 12.6. The average Bonchev–Trinajstić information content (AvgIpc) is 2.55. The smallest absolute Gasteiger partial charge is 0.239 e. The van der Waals surface area contributed by atoms with Crippen LogP contribution < -0.4 is 10.1 Å². The molecule has 6 heteroatoms. The molecule has 0 atom stereocenters. The van der Waals surface area contributed by atoms with Gasteiger partial charge < -0.3 is 10.1 Å². The molecule has 0 heterocycles. The maximum atomic E-state index is 12.6. The van der Waals surface area contributed by atoms with Gasteiger partial charge in [0.15, 0.2) is 5.78 Å². The number of carbonyl (C=O) groups is 2. The molecule has 0 radical (unpaired) electrons. The minimum Gasteiger partial charge on any atom is -0.497 e. The van der Waals surface area contributed by atoms with Crippen molar-refractivity contribution in [3.8, 4) is 5.75 Å². The number of methoxy groups -OCH3 is 1. The molecule has 114 valence electrons. The van der Waals surface area contributed by atoms with Gasteiger partial charge in [-0.15, -0.1) is 11.6 Å². The molecule has 0 aliphatic heterocycles. The molecule has 1 amide bonds. The van der Waals surface area contributed by atoms with Crippen LogP contribution in [0.15, 0.2) is 42.5 Å². The third kappa shape index (κ3) is 3.78. The van der Waals surface area contributed by atoms with Crippen molar-refractivity contribution in [3.05, 3.63) is 58.6 Å². The fourth-order valence-electron chi connectivity index (χ4n) is 1.89. The highest BCUT2D eigenvalue weighted by molar-refractivity contribution is 6.31. The van der Waals surface area contributed by atoms with Gasteiger partial charge in [0.1, 0.15) is 11.6 Å². The van der Waals surface area contributed by atoms with Crippen LogP contribution in [0.1, 0.15) is 15.9 Å². The lowest BCUT2D eigenvalue weighted by Gasteiger charge is -2.11. The lowest BCUT2D eigenvalue weighted by atomic mass is 10.0. The van der Waals surface area contributed by atoms with Crippen LogP contribution in [0.3, 0.4) is 0 Å². The summed E-state index contributed by atoms with van der Waals surface area (Å²) in [7, 11) is 1.50. The zero-order valence-corrected chi connectivity index (χ0v) is 13.2. The van der Waals surface area contributed by atoms with Crippen LogP contribution >= 0.6 is 23.2 Å². The Hall–Kier alpha value is -2.04. The molecule has 0 saturated heterocycles. The van der Waals surface area contributed by atoms with E-state index in [-0.39, 0.29) is 11.7 Å². The standard InChI is InChI=1S/C16H13Cl2NO3/c1-22-12-6-7-14(19-15(20)9-17)13(8-12)16(21)10-2-4-11(18)5-3-10/h2-8H,9H2,1H3,(H,19,20). The zero-order chi connectivity index (χ0) is 16.1. The van der Waals surface area contributed by atoms with Gasteiger partial charge in [-0.1, -0.05) is 11.6 Å². The highest BCUT2D eigenvalue weighted by Crippen LogP contribution is 2.25. The van der Waals surface area contributed by atoms with Crippen molar-refractivity contribution in [1.29, 1.82) is 0 Å². The molecule has 0 unspecified atom stereocenters. The monoisotopic (exact) mass is 337 g/mol. The molecular formula is C16H13Cl2NO3. The lowest BCUT2D eigenvalue weighted by molar-refractivity contribution is -0.113. The Labute approximate surface area is 138 Å². The van der Waals surface area contributed by atoms with E-state index in [1.165, 1.54) is 7.11 Å². The highest BCUT2D eigenvalue weighted by atomic mass is 35.5. The van der Waals surface area contributed by atoms with E-state index < -0.39 is 5.91 Å². The Bertz CT molecular complexity index is 699. The van der Waals surface area contributed by atoms with Gasteiger partial charge >= 0.3 is 0 Å². The number of carbonyl (C=O) groups excluding carboxylic acids is 2. The minimum absolute atomic E-state index is 0.194. The van der Waals surface area contributed by atoms with E-state index >= 15 is 0 Å². The summed E-state index contributed by atoms with van der Waals surface area (Å²) in [5.41, 5.74) is 1.16. The van der Waals surface area contributed by atoms with Gasteiger partial charge in [0.25, 0.3) is 0 Å². The molecule has 2 rings (SSSR count). The molecule has 0 aliphatic carbocycles. The van der Waals surface area contributed by atoms with Crippen molar-refractivity contribution in [2.24, 2.45) is 0 Å². The van der Waals surface area contributed by atoms with E-state index in [1.807, 2.05) is 0 Å². The number of ether oxygens (including phenoxy) is 1. The summed E-state index contributed by atoms with van der Waals surface area (Å²) >= 11 is 11.3. The van der Waals surface area contributed by atoms with E-state index in [0.29, 0.717) is 27.6 Å². The van der Waals surface area contributed by atoms with Gasteiger partial charge in [-0.25, -0.2) is 0 Å². The summed E-state index contributed by atoms with van der Waals surface area (Å²) in [5.74, 6) is -0.320. The normalized spacial score (nSPS) is 10.1. The second-order valence-electron chi connectivity index (χ2n) is 4.43. The first-order chi connectivity index (χ1) is 10.5. The molecule has 22 heavy (non-hydrogen) atoms. The maximum Gasteiger partial charge on any atom is 0.239 e. The van der Waals surface area contributed by atoms with Crippen molar-refractivity contribution in [2.45, 2.75) is 0 Å². The number of alkyl halides is 1. The summed E-state index contributed by atoms with van der Waals surface area (Å²) in [6.45, 7) is 0. The molecule has 0 fully saturated rings. The molecule has 0 aromatic heterocycles. The molecule has 0 aliphatic rings. The number of halogens is 2. The quantitative estimate of drug-likeness (QED) is 0.667. The summed E-state index contributed by atoms with van der Waals surface area (Å²) in [6, 6.07) is 11.3. The van der Waals surface area contributed by atoms with E-state index in [0.717, 1.165) is 0 Å². The SMILES string of the molecule is COc1ccc(NC(=O)CCl)c(C(=O)c2ccc(Cl)cc2)c1. The second-order valence-corrected chi connectivity index (χ2v) is 5.13. The molecule has 0 bridgehead atoms. The Morgan fingerprint density at radius 1 is 1.14 bits per heavy atom. The first-order valence-electron chi connectivity index (χ1n) is 6.39. The average molecular weight is 338 g/mol. The van der Waals surface area contributed by atoms with Gasteiger partial charge in [-0.3, -0.25) is 9.59 Å². The lowest BCUT2D eigenvalue weighted by Crippen LogP contribution is -2.16.